The first kappa shape index (κ1) is 22.2. The van der Waals surface area contributed by atoms with Gasteiger partial charge in [0, 0.05) is 17.1 Å². The Morgan fingerprint density at radius 1 is 0.806 bits per heavy atom. The fraction of sp³-hybridized carbons (Fsp3) is 0.222. The zero-order valence-electron chi connectivity index (χ0n) is 18.2. The van der Waals surface area contributed by atoms with Gasteiger partial charge in [-0.05, 0) is 85.1 Å². The van der Waals surface area contributed by atoms with Gasteiger partial charge in [0.05, 0.1) is 6.61 Å². The van der Waals surface area contributed by atoms with Gasteiger partial charge in [0.2, 0.25) is 0 Å². The molecule has 0 N–H and O–H groups in total. The van der Waals surface area contributed by atoms with E-state index in [1.807, 2.05) is 36.4 Å². The highest BCUT2D eigenvalue weighted by molar-refractivity contribution is 5.90. The number of hydrogen-bond acceptors (Lipinski definition) is 4. The van der Waals surface area contributed by atoms with Crippen molar-refractivity contribution in [3.05, 3.63) is 91.0 Å². The Bertz CT molecular complexity index is 976. The van der Waals surface area contributed by atoms with Crippen LogP contribution in [-0.4, -0.2) is 19.0 Å². The monoisotopic (exact) mass is 415 g/mol. The maximum Gasteiger partial charge on any atom is 0.192 e. The molecule has 0 atom stereocenters. The first-order valence-electron chi connectivity index (χ1n) is 10.6. The first-order valence-corrected chi connectivity index (χ1v) is 10.6. The number of ether oxygens (including phenoxy) is 2. The van der Waals surface area contributed by atoms with Gasteiger partial charge >= 0.3 is 0 Å². The lowest BCUT2D eigenvalue weighted by molar-refractivity contribution is -0.116. The summed E-state index contributed by atoms with van der Waals surface area (Å²) in [4.78, 5) is 13.6. The zero-order chi connectivity index (χ0) is 22.1. The Hall–Kier alpha value is -3.53. The third kappa shape index (κ3) is 5.98. The molecule has 0 unspecified atom stereocenters. The number of hydrogen-bond donors (Lipinski definition) is 0. The van der Waals surface area contributed by atoms with Gasteiger partial charge in [0.25, 0.3) is 0 Å². The maximum absolute atomic E-state index is 11.4. The summed E-state index contributed by atoms with van der Waals surface area (Å²) in [5, 5.41) is 0. The highest BCUT2D eigenvalue weighted by atomic mass is 16.5. The van der Waals surface area contributed by atoms with E-state index in [-0.39, 0.29) is 12.4 Å². The van der Waals surface area contributed by atoms with Crippen molar-refractivity contribution >= 4 is 22.8 Å². The van der Waals surface area contributed by atoms with Gasteiger partial charge in [0.1, 0.15) is 11.5 Å². The number of nitrogens with zero attached hydrogens (tertiary/aromatic N) is 1. The molecule has 160 valence electrons. The second-order valence-electron chi connectivity index (χ2n) is 7.15. The Labute approximate surface area is 184 Å². The molecule has 0 aliphatic rings. The molecule has 0 spiro atoms. The number of carbonyl (C=O) groups is 1. The Morgan fingerprint density at radius 2 is 1.29 bits per heavy atom. The first-order chi connectivity index (χ1) is 15.1. The van der Waals surface area contributed by atoms with E-state index >= 15 is 0 Å². The lowest BCUT2D eigenvalue weighted by Crippen LogP contribution is -2.11. The van der Waals surface area contributed by atoms with Crippen molar-refractivity contribution in [3.63, 3.8) is 0 Å². The minimum atomic E-state index is -0.146. The van der Waals surface area contributed by atoms with Gasteiger partial charge in [-0.15, -0.1) is 0 Å². The van der Waals surface area contributed by atoms with Gasteiger partial charge in [-0.1, -0.05) is 32.6 Å². The van der Waals surface area contributed by atoms with Crippen LogP contribution in [0.2, 0.25) is 0 Å². The summed E-state index contributed by atoms with van der Waals surface area (Å²) in [7, 11) is 0. The van der Waals surface area contributed by atoms with Crippen LogP contribution in [-0.2, 0) is 11.2 Å². The fourth-order valence-corrected chi connectivity index (χ4v) is 3.14. The van der Waals surface area contributed by atoms with E-state index in [1.54, 1.807) is 0 Å². The van der Waals surface area contributed by atoms with E-state index in [0.717, 1.165) is 35.7 Å². The Balaban J connectivity index is 1.90. The quantitative estimate of drug-likeness (QED) is 0.329. The molecule has 0 heterocycles. The number of rotatable bonds is 11. The van der Waals surface area contributed by atoms with Gasteiger partial charge < -0.3 is 14.4 Å². The molecule has 0 saturated heterocycles. The van der Waals surface area contributed by atoms with Crippen molar-refractivity contribution in [2.75, 3.05) is 18.1 Å². The number of anilines is 3. The molecule has 3 aromatic rings. The third-order valence-corrected chi connectivity index (χ3v) is 4.87. The molecule has 0 aromatic heterocycles. The number of ketones is 1. The molecule has 3 aromatic carbocycles. The minimum Gasteiger partial charge on any atom is -0.494 e. The smallest absolute Gasteiger partial charge is 0.192 e. The molecule has 0 saturated carbocycles. The van der Waals surface area contributed by atoms with Crippen LogP contribution < -0.4 is 14.4 Å². The van der Waals surface area contributed by atoms with Crippen molar-refractivity contribution in [1.82, 2.24) is 0 Å². The fourth-order valence-electron chi connectivity index (χ4n) is 3.14. The predicted molar refractivity (Wildman–Crippen MR) is 127 cm³/mol. The summed E-state index contributed by atoms with van der Waals surface area (Å²) in [6, 6.07) is 24.4. The van der Waals surface area contributed by atoms with Gasteiger partial charge in [0.15, 0.2) is 12.4 Å². The predicted octanol–water partition coefficient (Wildman–Crippen LogP) is 6.64. The molecular formula is C27H29NO3. The molecule has 0 aliphatic heterocycles. The Kier molecular flexibility index (Phi) is 7.88. The van der Waals surface area contributed by atoms with Crippen molar-refractivity contribution in [1.29, 1.82) is 0 Å². The van der Waals surface area contributed by atoms with E-state index in [4.69, 9.17) is 9.47 Å². The van der Waals surface area contributed by atoms with Crippen LogP contribution >= 0.6 is 0 Å². The average Bonchev–Trinajstić information content (AvgIpc) is 2.83. The van der Waals surface area contributed by atoms with E-state index in [2.05, 4.69) is 61.7 Å². The van der Waals surface area contributed by atoms with Crippen LogP contribution in [0.4, 0.5) is 17.1 Å². The van der Waals surface area contributed by atoms with Crippen molar-refractivity contribution in [2.45, 2.75) is 26.7 Å². The van der Waals surface area contributed by atoms with Crippen LogP contribution in [0.25, 0.3) is 0 Å². The van der Waals surface area contributed by atoms with Crippen LogP contribution in [0.1, 0.15) is 25.8 Å². The zero-order valence-corrected chi connectivity index (χ0v) is 18.2. The van der Waals surface area contributed by atoms with E-state index in [9.17, 15) is 4.79 Å². The molecule has 4 heteroatoms. The largest absolute Gasteiger partial charge is 0.494 e. The number of aryl methyl sites for hydroxylation is 1. The molecule has 0 aliphatic carbocycles. The SMILES string of the molecule is C=CC(=O)COc1ccc(N(c2ccc(CC)cc2)c2ccc(OCCC)cc2)cc1. The highest BCUT2D eigenvalue weighted by Crippen LogP contribution is 2.36. The molecule has 4 nitrogen and oxygen atoms in total. The lowest BCUT2D eigenvalue weighted by Gasteiger charge is -2.26. The van der Waals surface area contributed by atoms with Crippen LogP contribution in [0.5, 0.6) is 11.5 Å². The van der Waals surface area contributed by atoms with E-state index in [1.165, 1.54) is 11.6 Å². The van der Waals surface area contributed by atoms with Crippen molar-refractivity contribution in [2.24, 2.45) is 0 Å². The van der Waals surface area contributed by atoms with Crippen LogP contribution in [0, 0.1) is 0 Å². The normalized spacial score (nSPS) is 10.4. The molecular weight excluding hydrogens is 386 g/mol. The second kappa shape index (κ2) is 11.0. The summed E-state index contributed by atoms with van der Waals surface area (Å²) in [5.74, 6) is 1.36. The van der Waals surface area contributed by atoms with Gasteiger partial charge in [-0.3, -0.25) is 4.79 Å². The van der Waals surface area contributed by atoms with Crippen LogP contribution in [0.3, 0.4) is 0 Å². The second-order valence-corrected chi connectivity index (χ2v) is 7.15. The summed E-state index contributed by atoms with van der Waals surface area (Å²) < 4.78 is 11.3. The topological polar surface area (TPSA) is 38.8 Å². The highest BCUT2D eigenvalue weighted by Gasteiger charge is 2.13. The van der Waals surface area contributed by atoms with Crippen molar-refractivity contribution < 1.29 is 14.3 Å². The third-order valence-electron chi connectivity index (χ3n) is 4.87. The van der Waals surface area contributed by atoms with E-state index in [0.29, 0.717) is 12.4 Å². The molecule has 0 fully saturated rings. The molecule has 0 amide bonds. The van der Waals surface area contributed by atoms with Crippen LogP contribution in [0.15, 0.2) is 85.5 Å². The summed E-state index contributed by atoms with van der Waals surface area (Å²) in [6.07, 6.45) is 3.24. The lowest BCUT2D eigenvalue weighted by atomic mass is 10.1. The molecule has 0 bridgehead atoms. The molecule has 3 rings (SSSR count). The molecule has 0 radical (unpaired) electrons. The number of carbonyl (C=O) groups excluding carboxylic acids is 1. The summed E-state index contributed by atoms with van der Waals surface area (Å²) in [5.41, 5.74) is 4.38. The minimum absolute atomic E-state index is 0.00966. The van der Waals surface area contributed by atoms with Gasteiger partial charge in [-0.25, -0.2) is 0 Å². The number of benzene rings is 3. The molecule has 31 heavy (non-hydrogen) atoms. The maximum atomic E-state index is 11.4. The standard InChI is InChI=1S/C27H29NO3/c1-4-19-30-26-15-11-23(12-16-26)28(22-9-7-21(5-2)8-10-22)24-13-17-27(18-14-24)31-20-25(29)6-3/h6-18H,3-5,19-20H2,1-2H3. The van der Waals surface area contributed by atoms with Gasteiger partial charge in [-0.2, -0.15) is 0 Å². The van der Waals surface area contributed by atoms with Crippen molar-refractivity contribution in [3.8, 4) is 11.5 Å². The average molecular weight is 416 g/mol. The summed E-state index contributed by atoms with van der Waals surface area (Å²) in [6.45, 7) is 8.41. The summed E-state index contributed by atoms with van der Waals surface area (Å²) >= 11 is 0. The Morgan fingerprint density at radius 3 is 1.74 bits per heavy atom. The van der Waals surface area contributed by atoms with E-state index < -0.39 is 0 Å².